The molecule has 4 heterocycles. The van der Waals surface area contributed by atoms with Crippen LogP contribution in [-0.4, -0.2) is 35.7 Å². The number of nitrogens with zero attached hydrogens (tertiary/aromatic N) is 6. The van der Waals surface area contributed by atoms with Gasteiger partial charge < -0.3 is 0 Å². The van der Waals surface area contributed by atoms with E-state index in [1.54, 1.807) is 36.0 Å². The van der Waals surface area contributed by atoms with Crippen LogP contribution in [-0.2, 0) is 23.1 Å². The van der Waals surface area contributed by atoms with E-state index in [9.17, 15) is 4.79 Å². The van der Waals surface area contributed by atoms with Gasteiger partial charge in [-0.25, -0.2) is 15.0 Å². The first-order valence-corrected chi connectivity index (χ1v) is 11.5. The number of halogens is 1. The van der Waals surface area contributed by atoms with Crippen LogP contribution < -0.4 is 0 Å². The van der Waals surface area contributed by atoms with Gasteiger partial charge in [0.25, 0.3) is 0 Å². The number of Topliss-reactive ketones (excluding diaryl/α,β-unsaturated/α-hetero) is 1. The number of fused-ring (bicyclic) bond motifs is 1. The molecule has 0 saturated heterocycles. The van der Waals surface area contributed by atoms with Crippen LogP contribution in [0.4, 0.5) is 0 Å². The van der Waals surface area contributed by atoms with E-state index in [-0.39, 0.29) is 17.6 Å². The maximum absolute atomic E-state index is 13.0. The molecular weight excluding hydrogens is 432 g/mol. The number of carbonyl (C=O) groups excluding carboxylic acids is 1. The molecule has 7 nitrogen and oxygen atoms in total. The van der Waals surface area contributed by atoms with Crippen molar-refractivity contribution in [1.82, 2.24) is 29.9 Å². The summed E-state index contributed by atoms with van der Waals surface area (Å²) in [6.07, 6.45) is 10.6. The molecule has 0 radical (unpaired) electrons. The quantitative estimate of drug-likeness (QED) is 0.412. The van der Waals surface area contributed by atoms with Crippen molar-refractivity contribution in [3.63, 3.8) is 0 Å². The Balaban J connectivity index is 1.41. The summed E-state index contributed by atoms with van der Waals surface area (Å²) < 4.78 is 0. The van der Waals surface area contributed by atoms with Crippen LogP contribution >= 0.6 is 22.9 Å². The topological polar surface area (TPSA) is 86.5 Å². The maximum atomic E-state index is 13.0. The smallest absolute Gasteiger partial charge is 0.193 e. The maximum Gasteiger partial charge on any atom is 0.193 e. The second-order valence-electron chi connectivity index (χ2n) is 8.04. The van der Waals surface area contributed by atoms with Gasteiger partial charge in [-0.15, -0.1) is 4.80 Å². The molecule has 0 aromatic carbocycles. The number of thiazole rings is 1. The molecule has 0 atom stereocenters. The Hall–Kier alpha value is -2.71. The lowest BCUT2D eigenvalue weighted by atomic mass is 9.87. The lowest BCUT2D eigenvalue weighted by Crippen LogP contribution is -2.15. The lowest BCUT2D eigenvalue weighted by Gasteiger charge is -2.18. The standard InChI is InChI=1S/C22H21ClN6OS/c1-3-22(4-5-22)18-15(12-25-21-19(18)28-13(2)31-21)10-16(30)8-14-9-17(23)20(24-11-14)29-26-6-7-27-29/h6-7,9,11-12H,3-5,8,10H2,1-2H3. The zero-order valence-corrected chi connectivity index (χ0v) is 18.9. The van der Waals surface area contributed by atoms with Crippen LogP contribution in [0.1, 0.15) is 47.9 Å². The molecule has 4 aromatic heterocycles. The fourth-order valence-electron chi connectivity index (χ4n) is 4.22. The highest BCUT2D eigenvalue weighted by atomic mass is 35.5. The van der Waals surface area contributed by atoms with Crippen molar-refractivity contribution < 1.29 is 4.79 Å². The SMILES string of the molecule is CCC1(c2c(CC(=O)Cc3cnc(-n4nccn4)c(Cl)c3)cnc3sc(C)nc23)CC1. The summed E-state index contributed by atoms with van der Waals surface area (Å²) in [5.74, 6) is 0.543. The monoisotopic (exact) mass is 452 g/mol. The van der Waals surface area contributed by atoms with Gasteiger partial charge in [0.05, 0.1) is 22.4 Å². The van der Waals surface area contributed by atoms with E-state index in [2.05, 4.69) is 27.1 Å². The normalized spacial score (nSPS) is 14.8. The Morgan fingerprint density at radius 2 is 1.97 bits per heavy atom. The van der Waals surface area contributed by atoms with Gasteiger partial charge >= 0.3 is 0 Å². The summed E-state index contributed by atoms with van der Waals surface area (Å²) in [6, 6.07) is 1.76. The molecule has 5 rings (SSSR count). The van der Waals surface area contributed by atoms with Crippen molar-refractivity contribution in [2.75, 3.05) is 0 Å². The van der Waals surface area contributed by atoms with E-state index < -0.39 is 0 Å². The molecule has 0 amide bonds. The summed E-state index contributed by atoms with van der Waals surface area (Å²) in [4.78, 5) is 29.0. The van der Waals surface area contributed by atoms with Crippen molar-refractivity contribution in [2.24, 2.45) is 0 Å². The summed E-state index contributed by atoms with van der Waals surface area (Å²) >= 11 is 7.96. The first kappa shape index (κ1) is 20.2. The van der Waals surface area contributed by atoms with E-state index in [0.717, 1.165) is 45.7 Å². The molecule has 1 aliphatic rings. The van der Waals surface area contributed by atoms with Crippen LogP contribution in [0.15, 0.2) is 30.9 Å². The van der Waals surface area contributed by atoms with Crippen molar-refractivity contribution >= 4 is 39.1 Å². The van der Waals surface area contributed by atoms with Gasteiger partial charge in [-0.3, -0.25) is 4.79 Å². The lowest BCUT2D eigenvalue weighted by molar-refractivity contribution is -0.117. The Kier molecular flexibility index (Phi) is 5.06. The Labute approximate surface area is 188 Å². The van der Waals surface area contributed by atoms with Gasteiger partial charge in [0.1, 0.15) is 16.1 Å². The van der Waals surface area contributed by atoms with Gasteiger partial charge in [0, 0.05) is 25.2 Å². The molecule has 158 valence electrons. The molecule has 9 heteroatoms. The van der Waals surface area contributed by atoms with E-state index in [0.29, 0.717) is 17.3 Å². The van der Waals surface area contributed by atoms with Crippen LogP contribution in [0.25, 0.3) is 16.2 Å². The first-order valence-electron chi connectivity index (χ1n) is 10.3. The highest BCUT2D eigenvalue weighted by molar-refractivity contribution is 7.18. The number of carbonyl (C=O) groups is 1. The minimum Gasteiger partial charge on any atom is -0.299 e. The number of aryl methyl sites for hydroxylation is 1. The van der Waals surface area contributed by atoms with E-state index in [1.165, 1.54) is 10.4 Å². The number of pyridine rings is 2. The van der Waals surface area contributed by atoms with E-state index >= 15 is 0 Å². The predicted octanol–water partition coefficient (Wildman–Crippen LogP) is 4.42. The predicted molar refractivity (Wildman–Crippen MR) is 120 cm³/mol. The Bertz CT molecular complexity index is 1280. The molecule has 0 bridgehead atoms. The fraction of sp³-hybridized carbons (Fsp3) is 0.364. The summed E-state index contributed by atoms with van der Waals surface area (Å²) in [5, 5.41) is 9.51. The number of aromatic nitrogens is 6. The molecule has 1 saturated carbocycles. The molecule has 0 spiro atoms. The molecule has 0 unspecified atom stereocenters. The van der Waals surface area contributed by atoms with Gasteiger partial charge in [-0.05, 0) is 54.4 Å². The second-order valence-corrected chi connectivity index (χ2v) is 9.63. The Morgan fingerprint density at radius 1 is 1.19 bits per heavy atom. The van der Waals surface area contributed by atoms with Gasteiger partial charge in [-0.2, -0.15) is 10.2 Å². The highest BCUT2D eigenvalue weighted by Gasteiger charge is 2.45. The van der Waals surface area contributed by atoms with Crippen LogP contribution in [0.3, 0.4) is 0 Å². The molecule has 31 heavy (non-hydrogen) atoms. The molecule has 0 aliphatic heterocycles. The third-order valence-electron chi connectivity index (χ3n) is 5.95. The second kappa shape index (κ2) is 7.76. The number of rotatable bonds is 7. The fourth-order valence-corrected chi connectivity index (χ4v) is 5.25. The zero-order chi connectivity index (χ0) is 21.6. The summed E-state index contributed by atoms with van der Waals surface area (Å²) in [6.45, 7) is 4.22. The number of ketones is 1. The number of hydrogen-bond acceptors (Lipinski definition) is 7. The zero-order valence-electron chi connectivity index (χ0n) is 17.3. The van der Waals surface area contributed by atoms with Gasteiger partial charge in [-0.1, -0.05) is 29.9 Å². The van der Waals surface area contributed by atoms with Gasteiger partial charge in [0.15, 0.2) is 5.82 Å². The molecule has 1 fully saturated rings. The minimum atomic E-state index is 0.101. The minimum absolute atomic E-state index is 0.101. The summed E-state index contributed by atoms with van der Waals surface area (Å²) in [7, 11) is 0. The van der Waals surface area contributed by atoms with E-state index in [1.807, 2.05) is 13.1 Å². The molecule has 0 N–H and O–H groups in total. The van der Waals surface area contributed by atoms with Gasteiger partial charge in [0.2, 0.25) is 0 Å². The van der Waals surface area contributed by atoms with Crippen molar-refractivity contribution in [3.8, 4) is 5.82 Å². The first-order chi connectivity index (χ1) is 15.0. The van der Waals surface area contributed by atoms with Crippen molar-refractivity contribution in [1.29, 1.82) is 0 Å². The molecule has 1 aliphatic carbocycles. The van der Waals surface area contributed by atoms with Crippen LogP contribution in [0.5, 0.6) is 0 Å². The third kappa shape index (κ3) is 3.74. The summed E-state index contributed by atoms with van der Waals surface area (Å²) in [5.41, 5.74) is 4.11. The average molecular weight is 453 g/mol. The van der Waals surface area contributed by atoms with Crippen molar-refractivity contribution in [2.45, 2.75) is 51.4 Å². The average Bonchev–Trinajstić information content (AvgIpc) is 3.14. The molecule has 4 aromatic rings. The largest absolute Gasteiger partial charge is 0.299 e. The third-order valence-corrected chi connectivity index (χ3v) is 7.10. The highest BCUT2D eigenvalue weighted by Crippen LogP contribution is 2.54. The van der Waals surface area contributed by atoms with Crippen molar-refractivity contribution in [3.05, 3.63) is 57.6 Å². The van der Waals surface area contributed by atoms with Crippen LogP contribution in [0.2, 0.25) is 5.02 Å². The van der Waals surface area contributed by atoms with Crippen LogP contribution in [0, 0.1) is 6.92 Å². The number of hydrogen-bond donors (Lipinski definition) is 0. The Morgan fingerprint density at radius 3 is 2.65 bits per heavy atom. The van der Waals surface area contributed by atoms with E-state index in [4.69, 9.17) is 16.6 Å². The molecular formula is C22H21ClN6OS.